The quantitative estimate of drug-likeness (QED) is 0.731. The molecule has 6 heteroatoms. The van der Waals surface area contributed by atoms with Gasteiger partial charge in [0.2, 0.25) is 0 Å². The molecule has 0 saturated heterocycles. The van der Waals surface area contributed by atoms with Crippen molar-refractivity contribution in [3.63, 3.8) is 0 Å². The number of anilines is 3. The first-order chi connectivity index (χ1) is 12.1. The molecular weight excluding hydrogens is 321 g/mol. The molecule has 0 radical (unpaired) electrons. The third-order valence-electron chi connectivity index (χ3n) is 3.47. The van der Waals surface area contributed by atoms with E-state index in [0.29, 0.717) is 22.8 Å². The predicted molar refractivity (Wildman–Crippen MR) is 94.9 cm³/mol. The fraction of sp³-hybridized carbons (Fsp3) is 0.0526. The Bertz CT molecular complexity index is 865. The third kappa shape index (κ3) is 4.32. The van der Waals surface area contributed by atoms with Crippen molar-refractivity contribution in [3.05, 3.63) is 78.2 Å². The second-order valence-corrected chi connectivity index (χ2v) is 5.25. The van der Waals surface area contributed by atoms with Crippen molar-refractivity contribution in [3.8, 4) is 5.75 Å². The number of aromatic nitrogens is 1. The molecule has 3 rings (SSSR count). The zero-order valence-corrected chi connectivity index (χ0v) is 13.5. The molecule has 0 spiro atoms. The summed E-state index contributed by atoms with van der Waals surface area (Å²) in [5.41, 5.74) is 1.78. The highest BCUT2D eigenvalue weighted by atomic mass is 19.1. The van der Waals surface area contributed by atoms with E-state index < -0.39 is 0 Å². The Morgan fingerprint density at radius 2 is 1.80 bits per heavy atom. The summed E-state index contributed by atoms with van der Waals surface area (Å²) >= 11 is 0. The van der Waals surface area contributed by atoms with E-state index in [0.717, 1.165) is 5.69 Å². The van der Waals surface area contributed by atoms with Gasteiger partial charge >= 0.3 is 0 Å². The van der Waals surface area contributed by atoms with Crippen molar-refractivity contribution < 1.29 is 13.9 Å². The van der Waals surface area contributed by atoms with E-state index in [1.54, 1.807) is 61.8 Å². The number of carbonyl (C=O) groups excluding carboxylic acids is 1. The lowest BCUT2D eigenvalue weighted by Crippen LogP contribution is -2.12. The summed E-state index contributed by atoms with van der Waals surface area (Å²) in [5, 5.41) is 5.83. The standard InChI is InChI=1S/C19H16FN3O2/c1-25-17-4-2-3-13(11-17)19(24)23-16-9-10-18(21-12-16)22-15-7-5-14(20)6-8-15/h2-12H,1H3,(H,21,22)(H,23,24). The van der Waals surface area contributed by atoms with Crippen molar-refractivity contribution in [2.75, 3.05) is 17.7 Å². The SMILES string of the molecule is COc1cccc(C(=O)Nc2ccc(Nc3ccc(F)cc3)nc2)c1. The highest BCUT2D eigenvalue weighted by molar-refractivity contribution is 6.04. The fourth-order valence-electron chi connectivity index (χ4n) is 2.19. The molecule has 2 N–H and O–H groups in total. The number of pyridine rings is 1. The van der Waals surface area contributed by atoms with Crippen molar-refractivity contribution >= 4 is 23.1 Å². The molecule has 0 unspecified atom stereocenters. The molecule has 1 aromatic heterocycles. The van der Waals surface area contributed by atoms with Crippen molar-refractivity contribution in [2.45, 2.75) is 0 Å². The molecule has 0 atom stereocenters. The molecule has 0 aliphatic rings. The van der Waals surface area contributed by atoms with Crippen LogP contribution in [0.5, 0.6) is 5.75 Å². The highest BCUT2D eigenvalue weighted by Gasteiger charge is 2.07. The normalized spacial score (nSPS) is 10.2. The summed E-state index contributed by atoms with van der Waals surface area (Å²) in [6.07, 6.45) is 1.55. The first kappa shape index (κ1) is 16.4. The minimum Gasteiger partial charge on any atom is -0.497 e. The van der Waals surface area contributed by atoms with Crippen LogP contribution in [0, 0.1) is 5.82 Å². The summed E-state index contributed by atoms with van der Waals surface area (Å²) < 4.78 is 18.0. The lowest BCUT2D eigenvalue weighted by Gasteiger charge is -2.08. The van der Waals surface area contributed by atoms with Gasteiger partial charge in [0.25, 0.3) is 5.91 Å². The van der Waals surface area contributed by atoms with Crippen molar-refractivity contribution in [2.24, 2.45) is 0 Å². The maximum atomic E-state index is 12.9. The fourth-order valence-corrected chi connectivity index (χ4v) is 2.19. The van der Waals surface area contributed by atoms with Crippen molar-refractivity contribution in [1.82, 2.24) is 4.98 Å². The first-order valence-corrected chi connectivity index (χ1v) is 7.58. The molecule has 0 aliphatic heterocycles. The Hall–Kier alpha value is -3.41. The molecule has 0 saturated carbocycles. The Balaban J connectivity index is 1.65. The zero-order valence-electron chi connectivity index (χ0n) is 13.5. The third-order valence-corrected chi connectivity index (χ3v) is 3.47. The molecule has 1 amide bonds. The van der Waals surface area contributed by atoms with Crippen LogP contribution in [0.1, 0.15) is 10.4 Å². The van der Waals surface area contributed by atoms with E-state index >= 15 is 0 Å². The van der Waals surface area contributed by atoms with Gasteiger partial charge in [-0.05, 0) is 54.6 Å². The van der Waals surface area contributed by atoms with Gasteiger partial charge < -0.3 is 15.4 Å². The molecular formula is C19H16FN3O2. The molecule has 25 heavy (non-hydrogen) atoms. The Kier molecular flexibility index (Phi) is 4.89. The van der Waals surface area contributed by atoms with E-state index in [1.165, 1.54) is 12.1 Å². The number of benzene rings is 2. The minimum absolute atomic E-state index is 0.250. The number of halogens is 1. The number of amides is 1. The lowest BCUT2D eigenvalue weighted by atomic mass is 10.2. The lowest BCUT2D eigenvalue weighted by molar-refractivity contribution is 0.102. The van der Waals surface area contributed by atoms with Crippen LogP contribution in [0.25, 0.3) is 0 Å². The second kappa shape index (κ2) is 7.44. The van der Waals surface area contributed by atoms with Crippen LogP contribution >= 0.6 is 0 Å². The van der Waals surface area contributed by atoms with Gasteiger partial charge in [-0.1, -0.05) is 6.07 Å². The van der Waals surface area contributed by atoms with Crippen LogP contribution in [0.15, 0.2) is 66.9 Å². The van der Waals surface area contributed by atoms with Gasteiger partial charge in [-0.2, -0.15) is 0 Å². The number of methoxy groups -OCH3 is 1. The van der Waals surface area contributed by atoms with Crippen LogP contribution in [0.3, 0.4) is 0 Å². The van der Waals surface area contributed by atoms with E-state index in [2.05, 4.69) is 15.6 Å². The van der Waals surface area contributed by atoms with Crippen LogP contribution in [0.4, 0.5) is 21.6 Å². The molecule has 5 nitrogen and oxygen atoms in total. The van der Waals surface area contributed by atoms with Gasteiger partial charge in [-0.15, -0.1) is 0 Å². The molecule has 0 aliphatic carbocycles. The first-order valence-electron chi connectivity index (χ1n) is 7.58. The van der Waals surface area contributed by atoms with E-state index in [1.807, 2.05) is 0 Å². The number of rotatable bonds is 5. The topological polar surface area (TPSA) is 63.2 Å². The van der Waals surface area contributed by atoms with Crippen LogP contribution < -0.4 is 15.4 Å². The van der Waals surface area contributed by atoms with Gasteiger partial charge in [-0.3, -0.25) is 4.79 Å². The number of hydrogen-bond acceptors (Lipinski definition) is 4. The Morgan fingerprint density at radius 3 is 2.48 bits per heavy atom. The van der Waals surface area contributed by atoms with Crippen LogP contribution in [-0.4, -0.2) is 18.0 Å². The van der Waals surface area contributed by atoms with Crippen LogP contribution in [0.2, 0.25) is 0 Å². The van der Waals surface area contributed by atoms with Crippen LogP contribution in [-0.2, 0) is 0 Å². The summed E-state index contributed by atoms with van der Waals surface area (Å²) in [4.78, 5) is 16.5. The van der Waals surface area contributed by atoms with Gasteiger partial charge in [0.1, 0.15) is 17.4 Å². The molecule has 126 valence electrons. The smallest absolute Gasteiger partial charge is 0.255 e. The largest absolute Gasteiger partial charge is 0.497 e. The molecule has 3 aromatic rings. The van der Waals surface area contributed by atoms with Crippen molar-refractivity contribution in [1.29, 1.82) is 0 Å². The number of hydrogen-bond donors (Lipinski definition) is 2. The molecule has 0 bridgehead atoms. The van der Waals surface area contributed by atoms with E-state index in [4.69, 9.17) is 4.74 Å². The maximum absolute atomic E-state index is 12.9. The average molecular weight is 337 g/mol. The second-order valence-electron chi connectivity index (χ2n) is 5.25. The Labute approximate surface area is 144 Å². The molecule has 1 heterocycles. The highest BCUT2D eigenvalue weighted by Crippen LogP contribution is 2.18. The monoisotopic (exact) mass is 337 g/mol. The van der Waals surface area contributed by atoms with Gasteiger partial charge in [0.05, 0.1) is 19.0 Å². The summed E-state index contributed by atoms with van der Waals surface area (Å²) in [7, 11) is 1.55. The van der Waals surface area contributed by atoms with Gasteiger partial charge in [-0.25, -0.2) is 9.37 Å². The minimum atomic E-state index is -0.297. The number of ether oxygens (including phenoxy) is 1. The number of nitrogens with one attached hydrogen (secondary N) is 2. The number of carbonyl (C=O) groups is 1. The van der Waals surface area contributed by atoms with E-state index in [-0.39, 0.29) is 11.7 Å². The van der Waals surface area contributed by atoms with Gasteiger partial charge in [0, 0.05) is 11.3 Å². The molecule has 0 fully saturated rings. The zero-order chi connectivity index (χ0) is 17.6. The average Bonchev–Trinajstić information content (AvgIpc) is 2.65. The molecule has 2 aromatic carbocycles. The van der Waals surface area contributed by atoms with Gasteiger partial charge in [0.15, 0.2) is 0 Å². The van der Waals surface area contributed by atoms with E-state index in [9.17, 15) is 9.18 Å². The maximum Gasteiger partial charge on any atom is 0.255 e. The summed E-state index contributed by atoms with van der Waals surface area (Å²) in [6.45, 7) is 0. The summed E-state index contributed by atoms with van der Waals surface area (Å²) in [6, 6.07) is 16.3. The predicted octanol–water partition coefficient (Wildman–Crippen LogP) is 4.23. The summed E-state index contributed by atoms with van der Waals surface area (Å²) in [5.74, 6) is 0.657. The number of nitrogens with zero attached hydrogens (tertiary/aromatic N) is 1. The Morgan fingerprint density at radius 1 is 1.04 bits per heavy atom.